The molecule has 0 spiro atoms. The first-order valence-corrected chi connectivity index (χ1v) is 9.49. The third kappa shape index (κ3) is 3.65. The number of hydrazone groups is 1. The summed E-state index contributed by atoms with van der Waals surface area (Å²) < 4.78 is 0. The van der Waals surface area contributed by atoms with E-state index in [9.17, 15) is 14.4 Å². The quantitative estimate of drug-likeness (QED) is 0.509. The monoisotopic (exact) mass is 400 g/mol. The van der Waals surface area contributed by atoms with Crippen molar-refractivity contribution in [3.8, 4) is 0 Å². The van der Waals surface area contributed by atoms with Crippen LogP contribution in [-0.4, -0.2) is 30.0 Å². The van der Waals surface area contributed by atoms with Crippen LogP contribution in [0.3, 0.4) is 0 Å². The molecule has 0 unspecified atom stereocenters. The van der Waals surface area contributed by atoms with Gasteiger partial charge in [0.15, 0.2) is 0 Å². The van der Waals surface area contributed by atoms with Crippen LogP contribution in [0.1, 0.15) is 29.8 Å². The molecule has 0 bridgehead atoms. The normalized spacial score (nSPS) is 12.9. The topological polar surface area (TPSA) is 90.9 Å². The summed E-state index contributed by atoms with van der Waals surface area (Å²) >= 11 is 0. The second-order valence-corrected chi connectivity index (χ2v) is 7.07. The average Bonchev–Trinajstić information content (AvgIpc) is 3.00. The second kappa shape index (κ2) is 7.79. The highest BCUT2D eigenvalue weighted by atomic mass is 16.2. The summed E-state index contributed by atoms with van der Waals surface area (Å²) in [5.41, 5.74) is 5.83. The van der Waals surface area contributed by atoms with Gasteiger partial charge in [-0.3, -0.25) is 19.3 Å². The first-order chi connectivity index (χ1) is 14.4. The van der Waals surface area contributed by atoms with Crippen LogP contribution in [0.15, 0.2) is 65.8 Å². The summed E-state index contributed by atoms with van der Waals surface area (Å²) in [6, 6.07) is 18.4. The molecule has 0 atom stereocenters. The van der Waals surface area contributed by atoms with E-state index in [4.69, 9.17) is 0 Å². The second-order valence-electron chi connectivity index (χ2n) is 7.07. The number of hydrogen-bond donors (Lipinski definition) is 2. The van der Waals surface area contributed by atoms with Gasteiger partial charge in [-0.15, -0.1) is 0 Å². The van der Waals surface area contributed by atoms with Gasteiger partial charge in [-0.25, -0.2) is 5.43 Å². The minimum absolute atomic E-state index is 0.130. The van der Waals surface area contributed by atoms with Crippen LogP contribution < -0.4 is 15.6 Å². The fourth-order valence-electron chi connectivity index (χ4n) is 3.55. The van der Waals surface area contributed by atoms with Crippen molar-refractivity contribution in [3.05, 3.63) is 71.8 Å². The van der Waals surface area contributed by atoms with Gasteiger partial charge in [0.1, 0.15) is 6.54 Å². The molecule has 0 fully saturated rings. The van der Waals surface area contributed by atoms with Gasteiger partial charge < -0.3 is 5.32 Å². The van der Waals surface area contributed by atoms with Crippen LogP contribution in [0.4, 0.5) is 11.4 Å². The molecule has 0 saturated heterocycles. The van der Waals surface area contributed by atoms with Gasteiger partial charge in [-0.05, 0) is 42.1 Å². The summed E-state index contributed by atoms with van der Waals surface area (Å²) in [7, 11) is 0. The molecule has 3 aromatic rings. The Morgan fingerprint density at radius 1 is 1.00 bits per heavy atom. The van der Waals surface area contributed by atoms with Crippen LogP contribution >= 0.6 is 0 Å². The zero-order valence-corrected chi connectivity index (χ0v) is 16.6. The predicted octanol–water partition coefficient (Wildman–Crippen LogP) is 3.30. The van der Waals surface area contributed by atoms with Crippen LogP contribution in [0, 0.1) is 0 Å². The summed E-state index contributed by atoms with van der Waals surface area (Å²) in [5.74, 6) is -0.757. The number of anilines is 2. The van der Waals surface area contributed by atoms with Gasteiger partial charge in [0.2, 0.25) is 5.91 Å². The molecule has 7 nitrogen and oxygen atoms in total. The highest BCUT2D eigenvalue weighted by Gasteiger charge is 2.30. The highest BCUT2D eigenvalue weighted by molar-refractivity contribution is 6.26. The summed E-state index contributed by atoms with van der Waals surface area (Å²) in [6.07, 6.45) is 0. The number of carbonyl (C=O) groups excluding carboxylic acids is 3. The molecule has 30 heavy (non-hydrogen) atoms. The van der Waals surface area contributed by atoms with Crippen LogP contribution in [0.2, 0.25) is 0 Å². The van der Waals surface area contributed by atoms with Crippen molar-refractivity contribution >= 4 is 45.6 Å². The van der Waals surface area contributed by atoms with E-state index in [-0.39, 0.29) is 18.4 Å². The third-order valence-electron chi connectivity index (χ3n) is 4.90. The Labute approximate surface area is 173 Å². The summed E-state index contributed by atoms with van der Waals surface area (Å²) in [4.78, 5) is 38.0. The van der Waals surface area contributed by atoms with Crippen molar-refractivity contribution in [2.45, 2.75) is 13.8 Å². The van der Waals surface area contributed by atoms with E-state index in [1.165, 1.54) is 11.8 Å². The fourth-order valence-corrected chi connectivity index (χ4v) is 3.55. The Morgan fingerprint density at radius 3 is 2.50 bits per heavy atom. The molecule has 0 aliphatic carbocycles. The minimum atomic E-state index is -0.398. The van der Waals surface area contributed by atoms with Gasteiger partial charge in [0.25, 0.3) is 11.8 Å². The standard InChI is InChI=1S/C23H20N4O3/c1-14(17-8-3-9-18(12-17)24-15(2)28)25-26-21(29)13-27-20-11-5-7-16-6-4-10-19(22(16)20)23(27)30/h3-12H,13H2,1-2H3,(H,24,28)(H,26,29)/b25-14-. The van der Waals surface area contributed by atoms with E-state index < -0.39 is 5.91 Å². The van der Waals surface area contributed by atoms with E-state index in [0.717, 1.165) is 22.0 Å². The molecule has 4 rings (SSSR count). The van der Waals surface area contributed by atoms with Crippen LogP contribution in [-0.2, 0) is 9.59 Å². The first kappa shape index (κ1) is 19.3. The number of amides is 3. The van der Waals surface area contributed by atoms with E-state index in [1.807, 2.05) is 36.4 Å². The van der Waals surface area contributed by atoms with Crippen molar-refractivity contribution in [1.82, 2.24) is 5.43 Å². The molecule has 3 aromatic carbocycles. The molecule has 1 aliphatic heterocycles. The molecule has 7 heteroatoms. The first-order valence-electron chi connectivity index (χ1n) is 9.49. The average molecular weight is 400 g/mol. The fraction of sp³-hybridized carbons (Fsp3) is 0.130. The number of hydrogen-bond acceptors (Lipinski definition) is 4. The van der Waals surface area contributed by atoms with Crippen molar-refractivity contribution in [1.29, 1.82) is 0 Å². The Hall–Kier alpha value is -4.00. The SMILES string of the molecule is CC(=O)Nc1cccc(/C(C)=N\NC(=O)CN2C(=O)c3cccc4cccc2c34)c1. The number of rotatable bonds is 5. The highest BCUT2D eigenvalue weighted by Crippen LogP contribution is 2.36. The number of nitrogens with zero attached hydrogens (tertiary/aromatic N) is 2. The molecule has 0 aromatic heterocycles. The Morgan fingerprint density at radius 2 is 1.73 bits per heavy atom. The molecule has 1 heterocycles. The summed E-state index contributed by atoms with van der Waals surface area (Å²) in [5, 5.41) is 8.69. The van der Waals surface area contributed by atoms with Gasteiger partial charge in [0.05, 0.1) is 11.4 Å². The van der Waals surface area contributed by atoms with Crippen molar-refractivity contribution in [3.63, 3.8) is 0 Å². The van der Waals surface area contributed by atoms with Crippen molar-refractivity contribution in [2.75, 3.05) is 16.8 Å². The molecular formula is C23H20N4O3. The zero-order valence-electron chi connectivity index (χ0n) is 16.6. The lowest BCUT2D eigenvalue weighted by atomic mass is 10.1. The largest absolute Gasteiger partial charge is 0.326 e. The smallest absolute Gasteiger partial charge is 0.260 e. The number of nitrogens with one attached hydrogen (secondary N) is 2. The Balaban J connectivity index is 1.48. The van der Waals surface area contributed by atoms with Crippen molar-refractivity contribution < 1.29 is 14.4 Å². The lowest BCUT2D eigenvalue weighted by Gasteiger charge is -2.16. The molecule has 0 radical (unpaired) electrons. The molecule has 1 aliphatic rings. The summed E-state index contributed by atoms with van der Waals surface area (Å²) in [6.45, 7) is 3.06. The maximum Gasteiger partial charge on any atom is 0.260 e. The van der Waals surface area contributed by atoms with Crippen LogP contribution in [0.25, 0.3) is 10.8 Å². The molecular weight excluding hydrogens is 380 g/mol. The maximum absolute atomic E-state index is 12.8. The maximum atomic E-state index is 12.8. The molecule has 150 valence electrons. The predicted molar refractivity (Wildman–Crippen MR) is 117 cm³/mol. The Bertz CT molecular complexity index is 1210. The lowest BCUT2D eigenvalue weighted by Crippen LogP contribution is -2.37. The van der Waals surface area contributed by atoms with Gasteiger partial charge in [0, 0.05) is 23.6 Å². The number of benzene rings is 3. The van der Waals surface area contributed by atoms with E-state index in [1.54, 1.807) is 31.2 Å². The van der Waals surface area contributed by atoms with Crippen molar-refractivity contribution in [2.24, 2.45) is 5.10 Å². The third-order valence-corrected chi connectivity index (χ3v) is 4.90. The van der Waals surface area contributed by atoms with E-state index in [2.05, 4.69) is 15.8 Å². The van der Waals surface area contributed by atoms with Gasteiger partial charge in [-0.2, -0.15) is 5.10 Å². The minimum Gasteiger partial charge on any atom is -0.326 e. The number of carbonyl (C=O) groups is 3. The lowest BCUT2D eigenvalue weighted by molar-refractivity contribution is -0.119. The molecule has 2 N–H and O–H groups in total. The van der Waals surface area contributed by atoms with E-state index in [0.29, 0.717) is 17.0 Å². The zero-order chi connectivity index (χ0) is 21.3. The van der Waals surface area contributed by atoms with Gasteiger partial charge >= 0.3 is 0 Å². The van der Waals surface area contributed by atoms with E-state index >= 15 is 0 Å². The molecule has 3 amide bonds. The van der Waals surface area contributed by atoms with Gasteiger partial charge in [-0.1, -0.05) is 36.4 Å². The Kier molecular flexibility index (Phi) is 5.02. The van der Waals surface area contributed by atoms with Crippen LogP contribution in [0.5, 0.6) is 0 Å². The molecule has 0 saturated carbocycles.